The molecular formula is C33H37FN2O6. The maximum atomic E-state index is 14.1. The predicted octanol–water partition coefficient (Wildman–Crippen LogP) is 5.40. The fraction of sp³-hybridized carbons (Fsp3) is 0.424. The number of nitrogens with zero attached hydrogens (tertiary/aromatic N) is 1. The Labute approximate surface area is 245 Å². The summed E-state index contributed by atoms with van der Waals surface area (Å²) in [5.74, 6) is 0.700. The van der Waals surface area contributed by atoms with Crippen LogP contribution < -0.4 is 19.5 Å². The number of nitrogens with one attached hydrogen (secondary N) is 1. The molecule has 3 heterocycles. The fourth-order valence-electron chi connectivity index (χ4n) is 5.39. The molecule has 0 spiro atoms. The molecule has 2 aliphatic heterocycles. The van der Waals surface area contributed by atoms with Gasteiger partial charge in [0.25, 0.3) is 5.91 Å². The van der Waals surface area contributed by atoms with Crippen LogP contribution in [0.25, 0.3) is 11.3 Å². The summed E-state index contributed by atoms with van der Waals surface area (Å²) in [4.78, 5) is 30.0. The lowest BCUT2D eigenvalue weighted by molar-refractivity contribution is -0.124. The molecule has 2 unspecified atom stereocenters. The van der Waals surface area contributed by atoms with E-state index in [0.717, 1.165) is 12.0 Å². The lowest BCUT2D eigenvalue weighted by atomic mass is 9.78. The largest absolute Gasteiger partial charge is 0.493 e. The first kappa shape index (κ1) is 29.5. The average Bonchev–Trinajstić information content (AvgIpc) is 3.36. The maximum Gasteiger partial charge on any atom is 0.261 e. The summed E-state index contributed by atoms with van der Waals surface area (Å²) in [5.41, 5.74) is 1.79. The van der Waals surface area contributed by atoms with E-state index >= 15 is 0 Å². The van der Waals surface area contributed by atoms with E-state index in [2.05, 4.69) is 19.2 Å². The lowest BCUT2D eigenvalue weighted by Gasteiger charge is -2.35. The molecule has 1 amide bonds. The van der Waals surface area contributed by atoms with Gasteiger partial charge in [-0.05, 0) is 80.1 Å². The second kappa shape index (κ2) is 11.4. The van der Waals surface area contributed by atoms with E-state index in [4.69, 9.17) is 19.2 Å². The molecule has 2 aromatic carbocycles. The van der Waals surface area contributed by atoms with Crippen LogP contribution in [-0.2, 0) is 15.8 Å². The lowest BCUT2D eigenvalue weighted by Crippen LogP contribution is -2.30. The summed E-state index contributed by atoms with van der Waals surface area (Å²) in [7, 11) is 1.48. The van der Waals surface area contributed by atoms with Gasteiger partial charge in [0, 0.05) is 36.1 Å². The van der Waals surface area contributed by atoms with Crippen LogP contribution in [0, 0.1) is 12.7 Å². The van der Waals surface area contributed by atoms with Gasteiger partial charge in [0.05, 0.1) is 19.4 Å². The van der Waals surface area contributed by atoms with Crippen LogP contribution in [0.15, 0.2) is 42.5 Å². The van der Waals surface area contributed by atoms with Gasteiger partial charge in [-0.3, -0.25) is 9.59 Å². The molecule has 1 saturated heterocycles. The van der Waals surface area contributed by atoms with Crippen molar-refractivity contribution in [2.24, 2.45) is 0 Å². The quantitative estimate of drug-likeness (QED) is 0.329. The van der Waals surface area contributed by atoms with Crippen molar-refractivity contribution in [3.8, 4) is 28.5 Å². The highest BCUT2D eigenvalue weighted by molar-refractivity contribution is 5.96. The van der Waals surface area contributed by atoms with Gasteiger partial charge in [-0.25, -0.2) is 9.37 Å². The Morgan fingerprint density at radius 3 is 2.69 bits per heavy atom. The number of aryl methyl sites for hydroxylation is 1. The van der Waals surface area contributed by atoms with E-state index in [9.17, 15) is 19.1 Å². The molecular weight excluding hydrogens is 539 g/mol. The van der Waals surface area contributed by atoms with Crippen LogP contribution in [0.1, 0.15) is 73.6 Å². The Hall–Kier alpha value is -3.98. The number of hydrogen-bond donors (Lipinski definition) is 2. The number of carbonyl (C=O) groups excluding carboxylic acids is 2. The molecule has 2 N–H and O–H groups in total. The number of aliphatic hydroxyl groups is 1. The summed E-state index contributed by atoms with van der Waals surface area (Å²) in [6.07, 6.45) is 0.909. The summed E-state index contributed by atoms with van der Waals surface area (Å²) < 4.78 is 31.4. The minimum absolute atomic E-state index is 0.0467. The second-order valence-electron chi connectivity index (χ2n) is 11.9. The number of carbonyl (C=O) groups is 2. The molecule has 2 aliphatic rings. The van der Waals surface area contributed by atoms with Gasteiger partial charge in [0.2, 0.25) is 0 Å². The average molecular weight is 577 g/mol. The van der Waals surface area contributed by atoms with Crippen LogP contribution in [0.4, 0.5) is 4.39 Å². The van der Waals surface area contributed by atoms with Crippen LogP contribution in [-0.4, -0.2) is 48.1 Å². The third kappa shape index (κ3) is 5.83. The number of fused-ring (bicyclic) bond motifs is 1. The third-order valence-electron chi connectivity index (χ3n) is 8.25. The van der Waals surface area contributed by atoms with Crippen LogP contribution >= 0.6 is 0 Å². The number of pyridine rings is 1. The number of methoxy groups -OCH3 is 1. The summed E-state index contributed by atoms with van der Waals surface area (Å²) in [5, 5.41) is 14.4. The van der Waals surface area contributed by atoms with Gasteiger partial charge in [-0.2, -0.15) is 0 Å². The fourth-order valence-corrected chi connectivity index (χ4v) is 5.39. The molecule has 222 valence electrons. The Morgan fingerprint density at radius 1 is 1.21 bits per heavy atom. The van der Waals surface area contributed by atoms with Crippen molar-refractivity contribution in [2.75, 3.05) is 20.3 Å². The smallest absolute Gasteiger partial charge is 0.261 e. The first-order chi connectivity index (χ1) is 19.9. The van der Waals surface area contributed by atoms with E-state index < -0.39 is 11.7 Å². The highest BCUT2D eigenvalue weighted by Gasteiger charge is 2.36. The standard InChI is InChI=1S/C33H37FN2O6/c1-19-16-21(6-8-23(19)34)29-30-22(32(2,3)13-15-41-30)18-28(36-29)33(4,39)12-10-24(37)20-7-9-25(27(17-20)40-5)42-26-11-14-35-31(26)38/h6-9,16-18,26,39H,10-15H2,1-5H3,(H,35,38). The van der Waals surface area contributed by atoms with E-state index in [1.54, 1.807) is 44.2 Å². The molecule has 1 aromatic heterocycles. The summed E-state index contributed by atoms with van der Waals surface area (Å²) >= 11 is 0. The van der Waals surface area contributed by atoms with E-state index in [-0.39, 0.29) is 35.8 Å². The number of halogens is 1. The SMILES string of the molecule is COc1cc(C(=O)CCC(C)(O)c2cc3c(c(-c4ccc(F)c(C)c4)n2)OCCC3(C)C)ccc1OC1CCNC1=O. The molecule has 0 bridgehead atoms. The predicted molar refractivity (Wildman–Crippen MR) is 156 cm³/mol. The molecule has 2 atom stereocenters. The van der Waals surface area contributed by atoms with Gasteiger partial charge in [-0.1, -0.05) is 13.8 Å². The van der Waals surface area contributed by atoms with E-state index in [1.807, 2.05) is 6.07 Å². The molecule has 8 nitrogen and oxygen atoms in total. The Balaban J connectivity index is 1.40. The molecule has 0 radical (unpaired) electrons. The molecule has 42 heavy (non-hydrogen) atoms. The molecule has 5 rings (SSSR count). The first-order valence-electron chi connectivity index (χ1n) is 14.2. The minimum Gasteiger partial charge on any atom is -0.493 e. The highest BCUT2D eigenvalue weighted by Crippen LogP contribution is 2.45. The van der Waals surface area contributed by atoms with Crippen molar-refractivity contribution in [1.82, 2.24) is 10.3 Å². The number of Topliss-reactive ketones (excluding diaryl/α,β-unsaturated/α-hetero) is 1. The minimum atomic E-state index is -1.44. The zero-order valence-corrected chi connectivity index (χ0v) is 24.7. The van der Waals surface area contributed by atoms with E-state index in [1.165, 1.54) is 13.2 Å². The van der Waals surface area contributed by atoms with E-state index in [0.29, 0.717) is 64.9 Å². The molecule has 0 aliphatic carbocycles. The van der Waals surface area contributed by atoms with Crippen molar-refractivity contribution in [3.63, 3.8) is 0 Å². The van der Waals surface area contributed by atoms with Crippen molar-refractivity contribution in [1.29, 1.82) is 0 Å². The Morgan fingerprint density at radius 2 is 2.00 bits per heavy atom. The first-order valence-corrected chi connectivity index (χ1v) is 14.2. The number of amides is 1. The van der Waals surface area contributed by atoms with Crippen molar-refractivity contribution in [2.45, 2.75) is 70.5 Å². The summed E-state index contributed by atoms with van der Waals surface area (Å²) in [6.45, 7) is 8.67. The van der Waals surface area contributed by atoms with Gasteiger partial charge in [0.15, 0.2) is 23.4 Å². The number of rotatable bonds is 9. The van der Waals surface area contributed by atoms with Crippen molar-refractivity contribution < 1.29 is 33.3 Å². The zero-order chi connectivity index (χ0) is 30.2. The number of aromatic nitrogens is 1. The topological polar surface area (TPSA) is 107 Å². The van der Waals surface area contributed by atoms with Crippen LogP contribution in [0.3, 0.4) is 0 Å². The Kier molecular flexibility index (Phi) is 7.98. The highest BCUT2D eigenvalue weighted by atomic mass is 19.1. The van der Waals surface area contributed by atoms with Crippen LogP contribution in [0.5, 0.6) is 17.2 Å². The van der Waals surface area contributed by atoms with Gasteiger partial charge >= 0.3 is 0 Å². The molecule has 9 heteroatoms. The third-order valence-corrected chi connectivity index (χ3v) is 8.25. The number of benzene rings is 2. The molecule has 3 aromatic rings. The number of ether oxygens (including phenoxy) is 3. The monoisotopic (exact) mass is 576 g/mol. The normalized spacial score (nSPS) is 18.8. The zero-order valence-electron chi connectivity index (χ0n) is 24.7. The second-order valence-corrected chi connectivity index (χ2v) is 11.9. The number of hydrogen-bond acceptors (Lipinski definition) is 7. The van der Waals surface area contributed by atoms with Crippen molar-refractivity contribution in [3.05, 3.63) is 70.7 Å². The maximum absolute atomic E-state index is 14.1. The molecule has 1 fully saturated rings. The summed E-state index contributed by atoms with van der Waals surface area (Å²) in [6, 6.07) is 11.5. The van der Waals surface area contributed by atoms with Crippen molar-refractivity contribution >= 4 is 11.7 Å². The molecule has 0 saturated carbocycles. The van der Waals surface area contributed by atoms with Gasteiger partial charge in [0.1, 0.15) is 22.9 Å². The Bertz CT molecular complexity index is 1530. The van der Waals surface area contributed by atoms with Crippen LogP contribution in [0.2, 0.25) is 0 Å². The number of ketones is 1. The van der Waals surface area contributed by atoms with Gasteiger partial charge < -0.3 is 24.6 Å². The van der Waals surface area contributed by atoms with Gasteiger partial charge in [-0.15, -0.1) is 0 Å².